The quantitative estimate of drug-likeness (QED) is 0.709. The Morgan fingerprint density at radius 1 is 1.50 bits per heavy atom. The van der Waals surface area contributed by atoms with Crippen LogP contribution in [0.1, 0.15) is 33.6 Å². The van der Waals surface area contributed by atoms with Crippen LogP contribution in [0, 0.1) is 5.92 Å². The Kier molecular flexibility index (Phi) is 3.93. The predicted octanol–water partition coefficient (Wildman–Crippen LogP) is 0.817. The topological polar surface area (TPSA) is 49.5 Å². The summed E-state index contributed by atoms with van der Waals surface area (Å²) in [5, 5.41) is 9.91. The number of likely N-dealkylation sites (tertiary alicyclic amines) is 1. The zero-order valence-electron chi connectivity index (χ0n) is 9.66. The van der Waals surface area contributed by atoms with Gasteiger partial charge in [0.15, 0.2) is 0 Å². The van der Waals surface area contributed by atoms with Crippen molar-refractivity contribution in [2.45, 2.75) is 45.3 Å². The number of hydrogen-bond acceptors (Lipinski definition) is 3. The van der Waals surface area contributed by atoms with Crippen LogP contribution in [0.15, 0.2) is 0 Å². The summed E-state index contributed by atoms with van der Waals surface area (Å²) in [4.78, 5) is 2.36. The normalized spacial score (nSPS) is 34.1. The van der Waals surface area contributed by atoms with Crippen molar-refractivity contribution in [1.29, 1.82) is 0 Å². The maximum absolute atomic E-state index is 9.91. The van der Waals surface area contributed by atoms with Crippen molar-refractivity contribution in [2.75, 3.05) is 19.6 Å². The molecule has 1 saturated heterocycles. The van der Waals surface area contributed by atoms with E-state index < -0.39 is 5.60 Å². The Bertz CT molecular complexity index is 182. The van der Waals surface area contributed by atoms with Gasteiger partial charge in [0.2, 0.25) is 0 Å². The van der Waals surface area contributed by atoms with Crippen molar-refractivity contribution < 1.29 is 5.11 Å². The molecule has 3 unspecified atom stereocenters. The minimum absolute atomic E-state index is 0.338. The maximum Gasteiger partial charge on any atom is 0.0867 e. The zero-order valence-corrected chi connectivity index (χ0v) is 9.66. The number of aliphatic hydroxyl groups is 1. The summed E-state index contributed by atoms with van der Waals surface area (Å²) in [5.74, 6) is 0.734. The number of nitrogens with zero attached hydrogens (tertiary/aromatic N) is 1. The Labute approximate surface area is 87.3 Å². The first-order chi connectivity index (χ1) is 6.46. The fourth-order valence-electron chi connectivity index (χ4n) is 2.15. The molecular formula is C11H24N2O. The second kappa shape index (κ2) is 4.60. The molecule has 3 N–H and O–H groups in total. The van der Waals surface area contributed by atoms with Gasteiger partial charge in [-0.3, -0.25) is 4.90 Å². The number of rotatable bonds is 3. The molecule has 1 aliphatic heterocycles. The van der Waals surface area contributed by atoms with E-state index in [1.807, 2.05) is 6.92 Å². The van der Waals surface area contributed by atoms with Gasteiger partial charge in [-0.25, -0.2) is 0 Å². The molecule has 1 heterocycles. The highest BCUT2D eigenvalue weighted by Crippen LogP contribution is 2.24. The van der Waals surface area contributed by atoms with Crippen molar-refractivity contribution in [2.24, 2.45) is 11.7 Å². The second-order valence-electron chi connectivity index (χ2n) is 5.03. The SMILES string of the molecule is CC1CCCN(CC(C)(O)CN)C1C. The van der Waals surface area contributed by atoms with Crippen LogP contribution in [0.3, 0.4) is 0 Å². The molecule has 84 valence electrons. The molecule has 3 heteroatoms. The van der Waals surface area contributed by atoms with Crippen LogP contribution in [-0.2, 0) is 0 Å². The average molecular weight is 200 g/mol. The summed E-state index contributed by atoms with van der Waals surface area (Å²) in [6.45, 7) is 8.49. The third-order valence-electron chi connectivity index (χ3n) is 3.49. The fourth-order valence-corrected chi connectivity index (χ4v) is 2.15. The van der Waals surface area contributed by atoms with Gasteiger partial charge in [0.1, 0.15) is 0 Å². The lowest BCUT2D eigenvalue weighted by atomic mass is 9.91. The first kappa shape index (κ1) is 12.0. The smallest absolute Gasteiger partial charge is 0.0867 e. The predicted molar refractivity (Wildman–Crippen MR) is 59.1 cm³/mol. The van der Waals surface area contributed by atoms with E-state index in [2.05, 4.69) is 18.7 Å². The van der Waals surface area contributed by atoms with E-state index in [4.69, 9.17) is 5.73 Å². The van der Waals surface area contributed by atoms with Crippen molar-refractivity contribution in [3.8, 4) is 0 Å². The molecule has 0 saturated carbocycles. The lowest BCUT2D eigenvalue weighted by Crippen LogP contribution is -2.52. The van der Waals surface area contributed by atoms with Crippen LogP contribution in [0.4, 0.5) is 0 Å². The van der Waals surface area contributed by atoms with Crippen molar-refractivity contribution in [3.05, 3.63) is 0 Å². The van der Waals surface area contributed by atoms with Crippen LogP contribution < -0.4 is 5.73 Å². The Balaban J connectivity index is 2.51. The van der Waals surface area contributed by atoms with Gasteiger partial charge < -0.3 is 10.8 Å². The molecule has 0 amide bonds. The highest BCUT2D eigenvalue weighted by molar-refractivity contribution is 4.85. The Morgan fingerprint density at radius 2 is 2.14 bits per heavy atom. The third kappa shape index (κ3) is 2.94. The lowest BCUT2D eigenvalue weighted by Gasteiger charge is -2.41. The van der Waals surface area contributed by atoms with Gasteiger partial charge in [0.05, 0.1) is 5.60 Å². The molecule has 0 aromatic heterocycles. The number of β-amino-alcohol motifs (C(OH)–C–C–N with tert-alkyl or cyclic N) is 1. The molecule has 0 aromatic rings. The van der Waals surface area contributed by atoms with Gasteiger partial charge in [0, 0.05) is 19.1 Å². The van der Waals surface area contributed by atoms with Gasteiger partial charge in [0.25, 0.3) is 0 Å². The van der Waals surface area contributed by atoms with E-state index in [1.54, 1.807) is 0 Å². The summed E-state index contributed by atoms with van der Waals surface area (Å²) in [5.41, 5.74) is 4.80. The van der Waals surface area contributed by atoms with Crippen molar-refractivity contribution in [1.82, 2.24) is 4.90 Å². The molecule has 0 bridgehead atoms. The molecule has 1 fully saturated rings. The molecule has 1 aliphatic rings. The molecule has 0 spiro atoms. The van der Waals surface area contributed by atoms with Gasteiger partial charge in [-0.15, -0.1) is 0 Å². The summed E-state index contributed by atoms with van der Waals surface area (Å²) in [6.07, 6.45) is 2.55. The lowest BCUT2D eigenvalue weighted by molar-refractivity contribution is -0.00497. The largest absolute Gasteiger partial charge is 0.388 e. The monoisotopic (exact) mass is 200 g/mol. The van der Waals surface area contributed by atoms with Gasteiger partial charge in [-0.1, -0.05) is 6.92 Å². The molecule has 0 aliphatic carbocycles. The Morgan fingerprint density at radius 3 is 2.71 bits per heavy atom. The highest BCUT2D eigenvalue weighted by Gasteiger charge is 2.29. The van der Waals surface area contributed by atoms with Crippen LogP contribution in [0.2, 0.25) is 0 Å². The second-order valence-corrected chi connectivity index (χ2v) is 5.03. The summed E-state index contributed by atoms with van der Waals surface area (Å²) < 4.78 is 0. The minimum atomic E-state index is -0.731. The number of hydrogen-bond donors (Lipinski definition) is 2. The van der Waals surface area contributed by atoms with Crippen LogP contribution in [-0.4, -0.2) is 41.3 Å². The van der Waals surface area contributed by atoms with Crippen molar-refractivity contribution in [3.63, 3.8) is 0 Å². The number of piperidine rings is 1. The van der Waals surface area contributed by atoms with E-state index in [1.165, 1.54) is 12.8 Å². The zero-order chi connectivity index (χ0) is 10.8. The third-order valence-corrected chi connectivity index (χ3v) is 3.49. The molecule has 0 aromatic carbocycles. The van der Waals surface area contributed by atoms with Crippen LogP contribution >= 0.6 is 0 Å². The minimum Gasteiger partial charge on any atom is -0.388 e. The molecule has 3 nitrogen and oxygen atoms in total. The van der Waals surface area contributed by atoms with E-state index >= 15 is 0 Å². The molecule has 3 atom stereocenters. The first-order valence-corrected chi connectivity index (χ1v) is 5.63. The van der Waals surface area contributed by atoms with E-state index in [-0.39, 0.29) is 0 Å². The molecule has 0 radical (unpaired) electrons. The molecule has 14 heavy (non-hydrogen) atoms. The average Bonchev–Trinajstić information content (AvgIpc) is 2.13. The first-order valence-electron chi connectivity index (χ1n) is 5.63. The number of nitrogens with two attached hydrogens (primary N) is 1. The fraction of sp³-hybridized carbons (Fsp3) is 1.00. The van der Waals surface area contributed by atoms with Gasteiger partial charge in [-0.05, 0) is 39.2 Å². The van der Waals surface area contributed by atoms with Crippen LogP contribution in [0.25, 0.3) is 0 Å². The van der Waals surface area contributed by atoms with Crippen LogP contribution in [0.5, 0.6) is 0 Å². The van der Waals surface area contributed by atoms with Gasteiger partial charge in [-0.2, -0.15) is 0 Å². The summed E-state index contributed by atoms with van der Waals surface area (Å²) >= 11 is 0. The summed E-state index contributed by atoms with van der Waals surface area (Å²) in [6, 6.07) is 0.571. The van der Waals surface area contributed by atoms with Crippen molar-refractivity contribution >= 4 is 0 Å². The maximum atomic E-state index is 9.91. The van der Waals surface area contributed by atoms with E-state index in [0.717, 1.165) is 12.5 Å². The summed E-state index contributed by atoms with van der Waals surface area (Å²) in [7, 11) is 0. The molecular weight excluding hydrogens is 176 g/mol. The Hall–Kier alpha value is -0.120. The van der Waals surface area contributed by atoms with Gasteiger partial charge >= 0.3 is 0 Å². The highest BCUT2D eigenvalue weighted by atomic mass is 16.3. The van der Waals surface area contributed by atoms with E-state index in [9.17, 15) is 5.11 Å². The van der Waals surface area contributed by atoms with E-state index in [0.29, 0.717) is 19.1 Å². The molecule has 1 rings (SSSR count). The standard InChI is InChI=1S/C11H24N2O/c1-9-5-4-6-13(10(9)2)8-11(3,14)7-12/h9-10,14H,4-8,12H2,1-3H3.